The zero-order chi connectivity index (χ0) is 20.2. The van der Waals surface area contributed by atoms with Crippen LogP contribution in [0.25, 0.3) is 10.8 Å². The van der Waals surface area contributed by atoms with Gasteiger partial charge in [-0.15, -0.1) is 0 Å². The van der Waals surface area contributed by atoms with Crippen molar-refractivity contribution in [2.24, 2.45) is 17.3 Å². The lowest BCUT2D eigenvalue weighted by Gasteiger charge is -2.60. The SMILES string of the molecule is COc1ccc2cc(CN(C)C(=O)CC34C[C@@H]5C[C@@H](CC(O)(C5)C3)C4)ccc2c1. The minimum atomic E-state index is -0.498. The summed E-state index contributed by atoms with van der Waals surface area (Å²) in [4.78, 5) is 15.0. The fourth-order valence-electron chi connectivity index (χ4n) is 6.93. The summed E-state index contributed by atoms with van der Waals surface area (Å²) in [5.74, 6) is 2.31. The summed E-state index contributed by atoms with van der Waals surface area (Å²) in [7, 11) is 3.59. The summed E-state index contributed by atoms with van der Waals surface area (Å²) in [6.07, 6.45) is 6.84. The minimum absolute atomic E-state index is 0.0319. The predicted octanol–water partition coefficient (Wildman–Crippen LogP) is 4.53. The number of hydrogen-bond acceptors (Lipinski definition) is 3. The first-order chi connectivity index (χ1) is 13.9. The number of ether oxygens (including phenoxy) is 1. The summed E-state index contributed by atoms with van der Waals surface area (Å²) in [5, 5.41) is 13.3. The fourth-order valence-corrected chi connectivity index (χ4v) is 6.93. The number of rotatable bonds is 5. The molecular weight excluding hydrogens is 362 g/mol. The van der Waals surface area contributed by atoms with Gasteiger partial charge in [-0.05, 0) is 90.3 Å². The Bertz CT molecular complexity index is 938. The number of nitrogens with zero attached hydrogens (tertiary/aromatic N) is 1. The summed E-state index contributed by atoms with van der Waals surface area (Å²) in [6, 6.07) is 12.4. The molecule has 154 valence electrons. The Morgan fingerprint density at radius 2 is 1.79 bits per heavy atom. The molecule has 2 aromatic rings. The van der Waals surface area contributed by atoms with Gasteiger partial charge in [-0.2, -0.15) is 0 Å². The van der Waals surface area contributed by atoms with Gasteiger partial charge >= 0.3 is 0 Å². The van der Waals surface area contributed by atoms with Crippen LogP contribution < -0.4 is 4.74 Å². The smallest absolute Gasteiger partial charge is 0.223 e. The van der Waals surface area contributed by atoms with E-state index >= 15 is 0 Å². The number of hydrogen-bond donors (Lipinski definition) is 1. The fraction of sp³-hybridized carbons (Fsp3) is 0.560. The maximum absolute atomic E-state index is 13.1. The van der Waals surface area contributed by atoms with E-state index in [1.165, 1.54) is 6.42 Å². The topological polar surface area (TPSA) is 49.8 Å². The quantitative estimate of drug-likeness (QED) is 0.812. The van der Waals surface area contributed by atoms with Crippen molar-refractivity contribution >= 4 is 16.7 Å². The molecule has 4 aliphatic carbocycles. The molecule has 1 amide bonds. The van der Waals surface area contributed by atoms with E-state index in [0.29, 0.717) is 24.8 Å². The van der Waals surface area contributed by atoms with E-state index in [2.05, 4.69) is 24.3 Å². The lowest BCUT2D eigenvalue weighted by atomic mass is 9.47. The van der Waals surface area contributed by atoms with E-state index < -0.39 is 5.60 Å². The van der Waals surface area contributed by atoms with Crippen molar-refractivity contribution in [2.75, 3.05) is 14.2 Å². The molecule has 4 heteroatoms. The Hall–Kier alpha value is -2.07. The van der Waals surface area contributed by atoms with Crippen molar-refractivity contribution in [3.05, 3.63) is 42.0 Å². The molecular formula is C25H31NO3. The number of methoxy groups -OCH3 is 1. The summed E-state index contributed by atoms with van der Waals surface area (Å²) in [5.41, 5.74) is 0.676. The van der Waals surface area contributed by atoms with E-state index in [-0.39, 0.29) is 11.3 Å². The maximum atomic E-state index is 13.1. The van der Waals surface area contributed by atoms with Crippen molar-refractivity contribution in [1.29, 1.82) is 0 Å². The zero-order valence-corrected chi connectivity index (χ0v) is 17.5. The summed E-state index contributed by atoms with van der Waals surface area (Å²) < 4.78 is 5.30. The zero-order valence-electron chi connectivity index (χ0n) is 17.5. The molecule has 4 atom stereocenters. The molecule has 0 aromatic heterocycles. The van der Waals surface area contributed by atoms with Gasteiger partial charge in [0, 0.05) is 20.0 Å². The number of carbonyl (C=O) groups excluding carboxylic acids is 1. The Labute approximate surface area is 172 Å². The van der Waals surface area contributed by atoms with Crippen molar-refractivity contribution in [2.45, 2.75) is 57.1 Å². The number of carbonyl (C=O) groups is 1. The van der Waals surface area contributed by atoms with Crippen LogP contribution in [0.1, 0.15) is 50.5 Å². The highest BCUT2D eigenvalue weighted by atomic mass is 16.5. The Kier molecular flexibility index (Phi) is 4.39. The van der Waals surface area contributed by atoms with Gasteiger partial charge in [-0.1, -0.05) is 18.2 Å². The van der Waals surface area contributed by atoms with Gasteiger partial charge in [0.15, 0.2) is 0 Å². The third-order valence-electron chi connectivity index (χ3n) is 7.63. The number of amides is 1. The summed E-state index contributed by atoms with van der Waals surface area (Å²) in [6.45, 7) is 0.619. The van der Waals surface area contributed by atoms with Gasteiger partial charge in [0.2, 0.25) is 5.91 Å². The highest BCUT2D eigenvalue weighted by molar-refractivity contribution is 5.84. The third kappa shape index (κ3) is 3.52. The van der Waals surface area contributed by atoms with Crippen molar-refractivity contribution in [3.63, 3.8) is 0 Å². The molecule has 2 aromatic carbocycles. The van der Waals surface area contributed by atoms with Crippen LogP contribution in [-0.4, -0.2) is 35.7 Å². The highest BCUT2D eigenvalue weighted by Gasteiger charge is 2.57. The molecule has 0 aliphatic heterocycles. The van der Waals surface area contributed by atoms with Gasteiger partial charge < -0.3 is 14.7 Å². The second-order valence-corrected chi connectivity index (χ2v) is 10.2. The average Bonchev–Trinajstić information content (AvgIpc) is 2.65. The number of aliphatic hydroxyl groups is 1. The largest absolute Gasteiger partial charge is 0.497 e. The van der Waals surface area contributed by atoms with Gasteiger partial charge in [-0.3, -0.25) is 4.79 Å². The van der Waals surface area contributed by atoms with Gasteiger partial charge in [0.25, 0.3) is 0 Å². The first-order valence-electron chi connectivity index (χ1n) is 10.9. The molecule has 0 heterocycles. The Balaban J connectivity index is 1.28. The van der Waals surface area contributed by atoms with Crippen LogP contribution in [0.4, 0.5) is 0 Å². The van der Waals surface area contributed by atoms with Gasteiger partial charge in [0.1, 0.15) is 5.75 Å². The molecule has 4 fully saturated rings. The normalized spacial score (nSPS) is 32.5. The minimum Gasteiger partial charge on any atom is -0.497 e. The van der Waals surface area contributed by atoms with Crippen molar-refractivity contribution < 1.29 is 14.6 Å². The van der Waals surface area contributed by atoms with Gasteiger partial charge in [-0.25, -0.2) is 0 Å². The third-order valence-corrected chi connectivity index (χ3v) is 7.63. The second kappa shape index (κ2) is 6.73. The molecule has 4 aliphatic rings. The summed E-state index contributed by atoms with van der Waals surface area (Å²) >= 11 is 0. The monoisotopic (exact) mass is 393 g/mol. The molecule has 2 unspecified atom stereocenters. The van der Waals surface area contributed by atoms with E-state index in [9.17, 15) is 9.90 Å². The van der Waals surface area contributed by atoms with Crippen LogP contribution in [0.2, 0.25) is 0 Å². The number of benzene rings is 2. The highest BCUT2D eigenvalue weighted by Crippen LogP contribution is 2.62. The number of fused-ring (bicyclic) bond motifs is 1. The molecule has 4 nitrogen and oxygen atoms in total. The standard InChI is InChI=1S/C25H31NO3/c1-26(15-17-3-4-21-9-22(29-2)6-5-20(21)8-17)23(27)14-24-10-18-7-19(11-24)13-25(28,12-18)16-24/h3-6,8-9,18-19,28H,7,10-16H2,1-2H3/t18-,19+,24?,25?. The average molecular weight is 394 g/mol. The van der Waals surface area contributed by atoms with Crippen LogP contribution in [0.3, 0.4) is 0 Å². The first kappa shape index (κ1) is 18.9. The second-order valence-electron chi connectivity index (χ2n) is 10.2. The molecule has 0 spiro atoms. The van der Waals surface area contributed by atoms with E-state index in [1.54, 1.807) is 7.11 Å². The van der Waals surface area contributed by atoms with Crippen LogP contribution >= 0.6 is 0 Å². The van der Waals surface area contributed by atoms with E-state index in [0.717, 1.165) is 54.2 Å². The molecule has 4 saturated carbocycles. The maximum Gasteiger partial charge on any atom is 0.223 e. The van der Waals surface area contributed by atoms with E-state index in [4.69, 9.17) is 4.74 Å². The van der Waals surface area contributed by atoms with Crippen molar-refractivity contribution in [1.82, 2.24) is 4.90 Å². The lowest BCUT2D eigenvalue weighted by Crippen LogP contribution is -2.56. The van der Waals surface area contributed by atoms with Gasteiger partial charge in [0.05, 0.1) is 12.7 Å². The molecule has 0 saturated heterocycles. The Morgan fingerprint density at radius 1 is 1.10 bits per heavy atom. The molecule has 6 rings (SSSR count). The van der Waals surface area contributed by atoms with Crippen LogP contribution in [0.5, 0.6) is 5.75 Å². The first-order valence-corrected chi connectivity index (χ1v) is 10.9. The van der Waals surface area contributed by atoms with Crippen LogP contribution in [-0.2, 0) is 11.3 Å². The molecule has 0 radical (unpaired) electrons. The Morgan fingerprint density at radius 3 is 2.48 bits per heavy atom. The van der Waals surface area contributed by atoms with E-state index in [1.807, 2.05) is 24.1 Å². The molecule has 29 heavy (non-hydrogen) atoms. The molecule has 4 bridgehead atoms. The molecule has 1 N–H and O–H groups in total. The van der Waals surface area contributed by atoms with Crippen molar-refractivity contribution in [3.8, 4) is 5.75 Å². The lowest BCUT2D eigenvalue weighted by molar-refractivity contribution is -0.171. The van der Waals surface area contributed by atoms with Crippen LogP contribution in [0, 0.1) is 17.3 Å². The predicted molar refractivity (Wildman–Crippen MR) is 114 cm³/mol. The van der Waals surface area contributed by atoms with Crippen LogP contribution in [0.15, 0.2) is 36.4 Å².